The highest BCUT2D eigenvalue weighted by atomic mass is 16.5. The average Bonchev–Trinajstić information content (AvgIpc) is 2.06. The Morgan fingerprint density at radius 3 is 2.50 bits per heavy atom. The largest absolute Gasteiger partial charge is 0.494 e. The summed E-state index contributed by atoms with van der Waals surface area (Å²) in [4.78, 5) is 0. The molecule has 0 aliphatic carbocycles. The van der Waals surface area contributed by atoms with Crippen LogP contribution in [0.25, 0.3) is 5.76 Å². The maximum atomic E-state index is 5.53. The quantitative estimate of drug-likeness (QED) is 0.548. The third-order valence-electron chi connectivity index (χ3n) is 1.55. The third kappa shape index (κ3) is 2.02. The Balaban J connectivity index is 2.75. The lowest BCUT2D eigenvalue weighted by Crippen LogP contribution is -1.90. The Labute approximate surface area is 72.7 Å². The predicted molar refractivity (Wildman–Crippen MR) is 51.5 cm³/mol. The summed E-state index contributed by atoms with van der Waals surface area (Å²) in [5.74, 6) is 0.692. The molecule has 0 saturated heterocycles. The fourth-order valence-corrected chi connectivity index (χ4v) is 0.927. The Hall–Kier alpha value is -1.44. The maximum absolute atomic E-state index is 5.53. The summed E-state index contributed by atoms with van der Waals surface area (Å²) in [6.45, 7) is 6.36. The van der Waals surface area contributed by atoms with Gasteiger partial charge in [-0.15, -0.1) is 0 Å². The van der Waals surface area contributed by atoms with E-state index in [0.717, 1.165) is 11.3 Å². The van der Waals surface area contributed by atoms with Crippen LogP contribution < -0.4 is 5.73 Å². The van der Waals surface area contributed by atoms with E-state index in [1.807, 2.05) is 31.2 Å². The normalized spacial score (nSPS) is 9.42. The highest BCUT2D eigenvalue weighted by Gasteiger charge is 1.96. The average molecular weight is 163 g/mol. The topological polar surface area (TPSA) is 35.2 Å². The standard InChI is InChI=1S/C10H13NO/c1-3-12-8(2)9-4-6-10(11)7-5-9/h4-7H,2-3,11H2,1H3. The van der Waals surface area contributed by atoms with E-state index in [4.69, 9.17) is 10.5 Å². The molecule has 2 N–H and O–H groups in total. The van der Waals surface area contributed by atoms with Crippen molar-refractivity contribution in [3.8, 4) is 0 Å². The number of rotatable bonds is 3. The molecule has 12 heavy (non-hydrogen) atoms. The zero-order valence-electron chi connectivity index (χ0n) is 7.21. The van der Waals surface area contributed by atoms with Gasteiger partial charge < -0.3 is 10.5 Å². The first kappa shape index (κ1) is 8.65. The van der Waals surface area contributed by atoms with Gasteiger partial charge >= 0.3 is 0 Å². The molecule has 0 radical (unpaired) electrons. The number of benzene rings is 1. The molecule has 2 nitrogen and oxygen atoms in total. The van der Waals surface area contributed by atoms with Gasteiger partial charge in [-0.3, -0.25) is 0 Å². The summed E-state index contributed by atoms with van der Waals surface area (Å²) in [5.41, 5.74) is 7.26. The fraction of sp³-hybridized carbons (Fsp3) is 0.200. The van der Waals surface area contributed by atoms with Crippen molar-refractivity contribution in [3.63, 3.8) is 0 Å². The van der Waals surface area contributed by atoms with Gasteiger partial charge in [0.05, 0.1) is 6.61 Å². The van der Waals surface area contributed by atoms with Gasteiger partial charge in [-0.25, -0.2) is 0 Å². The van der Waals surface area contributed by atoms with Crippen LogP contribution in [-0.4, -0.2) is 6.61 Å². The van der Waals surface area contributed by atoms with Crippen LogP contribution in [0.2, 0.25) is 0 Å². The molecule has 1 aromatic rings. The van der Waals surface area contributed by atoms with Crippen LogP contribution in [0.4, 0.5) is 5.69 Å². The number of hydrogen-bond donors (Lipinski definition) is 1. The van der Waals surface area contributed by atoms with Gasteiger partial charge in [0.1, 0.15) is 5.76 Å². The molecule has 0 amide bonds. The lowest BCUT2D eigenvalue weighted by molar-refractivity contribution is 0.299. The lowest BCUT2D eigenvalue weighted by Gasteiger charge is -2.06. The molecule has 0 atom stereocenters. The minimum atomic E-state index is 0.642. The molecule has 0 heterocycles. The molecule has 1 aromatic carbocycles. The highest BCUT2D eigenvalue weighted by molar-refractivity contribution is 5.59. The van der Waals surface area contributed by atoms with Crippen LogP contribution in [0.5, 0.6) is 0 Å². The number of nitrogens with two attached hydrogens (primary N) is 1. The second-order valence-corrected chi connectivity index (χ2v) is 2.48. The van der Waals surface area contributed by atoms with Crippen LogP contribution in [0, 0.1) is 0 Å². The number of nitrogen functional groups attached to an aromatic ring is 1. The second kappa shape index (κ2) is 3.81. The van der Waals surface area contributed by atoms with Crippen molar-refractivity contribution >= 4 is 11.4 Å². The summed E-state index contributed by atoms with van der Waals surface area (Å²) >= 11 is 0. The molecule has 0 aliphatic rings. The molecule has 0 spiro atoms. The van der Waals surface area contributed by atoms with E-state index < -0.39 is 0 Å². The Bertz CT molecular complexity index is 264. The zero-order chi connectivity index (χ0) is 8.97. The Morgan fingerprint density at radius 1 is 1.42 bits per heavy atom. The summed E-state index contributed by atoms with van der Waals surface area (Å²) in [6, 6.07) is 7.46. The van der Waals surface area contributed by atoms with Gasteiger partial charge in [-0.1, -0.05) is 6.58 Å². The fourth-order valence-electron chi connectivity index (χ4n) is 0.927. The van der Waals surface area contributed by atoms with Crippen LogP contribution in [0.15, 0.2) is 30.8 Å². The van der Waals surface area contributed by atoms with Crippen LogP contribution in [0.1, 0.15) is 12.5 Å². The van der Waals surface area contributed by atoms with Gasteiger partial charge in [-0.2, -0.15) is 0 Å². The molecule has 0 aliphatic heterocycles. The third-order valence-corrected chi connectivity index (χ3v) is 1.55. The van der Waals surface area contributed by atoms with Gasteiger partial charge in [-0.05, 0) is 31.2 Å². The van der Waals surface area contributed by atoms with Gasteiger partial charge in [0, 0.05) is 11.3 Å². The van der Waals surface area contributed by atoms with Gasteiger partial charge in [0.2, 0.25) is 0 Å². The van der Waals surface area contributed by atoms with E-state index in [2.05, 4.69) is 6.58 Å². The number of ether oxygens (including phenoxy) is 1. The second-order valence-electron chi connectivity index (χ2n) is 2.48. The van der Waals surface area contributed by atoms with Crippen LogP contribution >= 0.6 is 0 Å². The molecule has 0 fully saturated rings. The van der Waals surface area contributed by atoms with E-state index in [9.17, 15) is 0 Å². The summed E-state index contributed by atoms with van der Waals surface area (Å²) in [7, 11) is 0. The predicted octanol–water partition coefficient (Wildman–Crippen LogP) is 2.28. The van der Waals surface area contributed by atoms with E-state index >= 15 is 0 Å². The molecular formula is C10H13NO. The zero-order valence-corrected chi connectivity index (χ0v) is 7.21. The SMILES string of the molecule is C=C(OCC)c1ccc(N)cc1. The Kier molecular flexibility index (Phi) is 2.75. The summed E-state index contributed by atoms with van der Waals surface area (Å²) in [5, 5.41) is 0. The number of anilines is 1. The Morgan fingerprint density at radius 2 is 2.00 bits per heavy atom. The van der Waals surface area contributed by atoms with Crippen LogP contribution in [-0.2, 0) is 4.74 Å². The molecule has 0 saturated carbocycles. The van der Waals surface area contributed by atoms with Crippen molar-refractivity contribution in [2.75, 3.05) is 12.3 Å². The molecule has 0 aromatic heterocycles. The first-order chi connectivity index (χ1) is 5.74. The van der Waals surface area contributed by atoms with Crippen LogP contribution in [0.3, 0.4) is 0 Å². The summed E-state index contributed by atoms with van der Waals surface area (Å²) < 4.78 is 5.23. The van der Waals surface area contributed by atoms with Crippen molar-refractivity contribution in [1.82, 2.24) is 0 Å². The van der Waals surface area contributed by atoms with E-state index in [0.29, 0.717) is 12.4 Å². The minimum Gasteiger partial charge on any atom is -0.494 e. The monoisotopic (exact) mass is 163 g/mol. The molecule has 64 valence electrons. The van der Waals surface area contributed by atoms with E-state index in [1.165, 1.54) is 0 Å². The molecular weight excluding hydrogens is 150 g/mol. The minimum absolute atomic E-state index is 0.642. The lowest BCUT2D eigenvalue weighted by atomic mass is 10.2. The van der Waals surface area contributed by atoms with Gasteiger partial charge in [0.25, 0.3) is 0 Å². The van der Waals surface area contributed by atoms with Crippen molar-refractivity contribution in [1.29, 1.82) is 0 Å². The van der Waals surface area contributed by atoms with Crippen molar-refractivity contribution in [2.45, 2.75) is 6.92 Å². The molecule has 0 unspecified atom stereocenters. The van der Waals surface area contributed by atoms with E-state index in [1.54, 1.807) is 0 Å². The van der Waals surface area contributed by atoms with Crippen molar-refractivity contribution < 1.29 is 4.74 Å². The number of hydrogen-bond acceptors (Lipinski definition) is 2. The smallest absolute Gasteiger partial charge is 0.119 e. The van der Waals surface area contributed by atoms with E-state index in [-0.39, 0.29) is 0 Å². The molecule has 2 heteroatoms. The summed E-state index contributed by atoms with van der Waals surface area (Å²) in [6.07, 6.45) is 0. The first-order valence-electron chi connectivity index (χ1n) is 3.91. The van der Waals surface area contributed by atoms with Gasteiger partial charge in [0.15, 0.2) is 0 Å². The van der Waals surface area contributed by atoms with Crippen molar-refractivity contribution in [2.24, 2.45) is 0 Å². The highest BCUT2D eigenvalue weighted by Crippen LogP contribution is 2.14. The first-order valence-corrected chi connectivity index (χ1v) is 3.91. The molecule has 1 rings (SSSR count). The molecule has 0 bridgehead atoms. The maximum Gasteiger partial charge on any atom is 0.119 e. The van der Waals surface area contributed by atoms with Crippen molar-refractivity contribution in [3.05, 3.63) is 36.4 Å².